The second-order valence-electron chi connectivity index (χ2n) is 5.75. The molecule has 98 valence electrons. The van der Waals surface area contributed by atoms with Crippen LogP contribution in [-0.4, -0.2) is 23.9 Å². The zero-order chi connectivity index (χ0) is 13.3. The van der Waals surface area contributed by atoms with E-state index < -0.39 is 0 Å². The average molecular weight is 245 g/mol. The van der Waals surface area contributed by atoms with Crippen molar-refractivity contribution in [3.8, 4) is 0 Å². The molecule has 0 spiro atoms. The molecule has 1 aromatic rings. The van der Waals surface area contributed by atoms with Crippen LogP contribution in [0.25, 0.3) is 0 Å². The average Bonchev–Trinajstić information content (AvgIpc) is 2.33. The van der Waals surface area contributed by atoms with Crippen LogP contribution in [0.3, 0.4) is 0 Å². The monoisotopic (exact) mass is 245 g/mol. The molecule has 2 nitrogen and oxygen atoms in total. The molecular formula is C16H23NO. The Morgan fingerprint density at radius 3 is 2.50 bits per heavy atom. The maximum absolute atomic E-state index is 12.6. The van der Waals surface area contributed by atoms with E-state index in [4.69, 9.17) is 0 Å². The van der Waals surface area contributed by atoms with E-state index >= 15 is 0 Å². The van der Waals surface area contributed by atoms with Crippen molar-refractivity contribution in [1.82, 2.24) is 4.90 Å². The van der Waals surface area contributed by atoms with Crippen LogP contribution in [0, 0.1) is 26.7 Å². The van der Waals surface area contributed by atoms with Gasteiger partial charge in [-0.3, -0.25) is 4.79 Å². The number of carbonyl (C=O) groups excluding carboxylic acids is 1. The number of aryl methyl sites for hydroxylation is 3. The molecule has 1 unspecified atom stereocenters. The van der Waals surface area contributed by atoms with Gasteiger partial charge in [0, 0.05) is 18.7 Å². The number of amides is 1. The summed E-state index contributed by atoms with van der Waals surface area (Å²) in [6, 6.07) is 4.17. The highest BCUT2D eigenvalue weighted by Gasteiger charge is 2.23. The molecule has 1 amide bonds. The van der Waals surface area contributed by atoms with Crippen molar-refractivity contribution >= 4 is 5.91 Å². The Bertz CT molecular complexity index is 464. The fourth-order valence-corrected chi connectivity index (χ4v) is 2.74. The topological polar surface area (TPSA) is 20.3 Å². The first kappa shape index (κ1) is 13.1. The van der Waals surface area contributed by atoms with Crippen LogP contribution in [0.4, 0.5) is 0 Å². The fraction of sp³-hybridized carbons (Fsp3) is 0.562. The third-order valence-electron chi connectivity index (χ3n) is 4.02. The van der Waals surface area contributed by atoms with Gasteiger partial charge in [0.1, 0.15) is 0 Å². The summed E-state index contributed by atoms with van der Waals surface area (Å²) >= 11 is 0. The molecule has 2 heteroatoms. The van der Waals surface area contributed by atoms with E-state index in [0.717, 1.165) is 30.6 Å². The summed E-state index contributed by atoms with van der Waals surface area (Å²) in [5, 5.41) is 0. The zero-order valence-corrected chi connectivity index (χ0v) is 11.9. The first-order valence-electron chi connectivity index (χ1n) is 6.86. The van der Waals surface area contributed by atoms with Crippen LogP contribution in [0.2, 0.25) is 0 Å². The summed E-state index contributed by atoms with van der Waals surface area (Å²) in [6.07, 6.45) is 2.38. The molecule has 18 heavy (non-hydrogen) atoms. The molecule has 1 aliphatic heterocycles. The molecule has 1 atom stereocenters. The quantitative estimate of drug-likeness (QED) is 0.741. The van der Waals surface area contributed by atoms with Crippen molar-refractivity contribution in [2.75, 3.05) is 13.1 Å². The Morgan fingerprint density at radius 1 is 1.17 bits per heavy atom. The molecular weight excluding hydrogens is 222 g/mol. The number of benzene rings is 1. The van der Waals surface area contributed by atoms with Crippen molar-refractivity contribution in [1.29, 1.82) is 0 Å². The van der Waals surface area contributed by atoms with Crippen molar-refractivity contribution in [3.05, 3.63) is 34.4 Å². The lowest BCUT2D eigenvalue weighted by atomic mass is 9.96. The van der Waals surface area contributed by atoms with Gasteiger partial charge in [0.15, 0.2) is 0 Å². The van der Waals surface area contributed by atoms with Gasteiger partial charge in [0.25, 0.3) is 5.91 Å². The lowest BCUT2D eigenvalue weighted by Gasteiger charge is -2.31. The van der Waals surface area contributed by atoms with Gasteiger partial charge < -0.3 is 4.90 Å². The third kappa shape index (κ3) is 2.58. The number of hydrogen-bond acceptors (Lipinski definition) is 1. The van der Waals surface area contributed by atoms with Gasteiger partial charge in [-0.15, -0.1) is 0 Å². The van der Waals surface area contributed by atoms with Crippen molar-refractivity contribution in [3.63, 3.8) is 0 Å². The van der Waals surface area contributed by atoms with Crippen molar-refractivity contribution in [2.45, 2.75) is 40.5 Å². The molecule has 0 aromatic heterocycles. The number of likely N-dealkylation sites (tertiary alicyclic amines) is 1. The van der Waals surface area contributed by atoms with Gasteiger partial charge in [0.2, 0.25) is 0 Å². The minimum atomic E-state index is 0.210. The number of hydrogen-bond donors (Lipinski definition) is 0. The Kier molecular flexibility index (Phi) is 3.74. The largest absolute Gasteiger partial charge is 0.338 e. The molecule has 2 rings (SSSR count). The summed E-state index contributed by atoms with van der Waals surface area (Å²) < 4.78 is 0. The predicted octanol–water partition coefficient (Wildman–Crippen LogP) is 3.48. The van der Waals surface area contributed by atoms with Gasteiger partial charge >= 0.3 is 0 Å². The Morgan fingerprint density at radius 2 is 1.83 bits per heavy atom. The second-order valence-corrected chi connectivity index (χ2v) is 5.75. The fourth-order valence-electron chi connectivity index (χ4n) is 2.74. The minimum absolute atomic E-state index is 0.210. The molecule has 0 N–H and O–H groups in total. The van der Waals surface area contributed by atoms with E-state index in [1.165, 1.54) is 17.5 Å². The van der Waals surface area contributed by atoms with E-state index in [0.29, 0.717) is 5.92 Å². The van der Waals surface area contributed by atoms with Gasteiger partial charge in [-0.1, -0.05) is 13.0 Å². The SMILES string of the molecule is Cc1cc(C)c(C(=O)N2CCCC(C)C2)cc1C. The second kappa shape index (κ2) is 5.13. The molecule has 0 saturated carbocycles. The molecule has 1 heterocycles. The highest BCUT2D eigenvalue weighted by Crippen LogP contribution is 2.21. The van der Waals surface area contributed by atoms with Gasteiger partial charge in [-0.25, -0.2) is 0 Å². The number of carbonyl (C=O) groups is 1. The normalized spacial score (nSPS) is 20.0. The first-order valence-corrected chi connectivity index (χ1v) is 6.86. The molecule has 0 bridgehead atoms. The Balaban J connectivity index is 2.25. The lowest BCUT2D eigenvalue weighted by Crippen LogP contribution is -2.39. The van der Waals surface area contributed by atoms with Gasteiger partial charge in [-0.2, -0.15) is 0 Å². The molecule has 0 radical (unpaired) electrons. The van der Waals surface area contributed by atoms with Gasteiger partial charge in [0.05, 0.1) is 0 Å². The van der Waals surface area contributed by atoms with Crippen molar-refractivity contribution in [2.24, 2.45) is 5.92 Å². The smallest absolute Gasteiger partial charge is 0.254 e. The van der Waals surface area contributed by atoms with E-state index in [1.807, 2.05) is 17.9 Å². The molecule has 1 saturated heterocycles. The summed E-state index contributed by atoms with van der Waals surface area (Å²) in [7, 11) is 0. The Labute approximate surface area is 110 Å². The molecule has 1 aliphatic rings. The van der Waals surface area contributed by atoms with Crippen LogP contribution in [0.5, 0.6) is 0 Å². The highest BCUT2D eigenvalue weighted by atomic mass is 16.2. The summed E-state index contributed by atoms with van der Waals surface area (Å²) in [6.45, 7) is 10.3. The molecule has 1 aromatic carbocycles. The van der Waals surface area contributed by atoms with Crippen LogP contribution in [0.15, 0.2) is 12.1 Å². The lowest BCUT2D eigenvalue weighted by molar-refractivity contribution is 0.0682. The van der Waals surface area contributed by atoms with E-state index in [2.05, 4.69) is 26.8 Å². The maximum atomic E-state index is 12.6. The van der Waals surface area contributed by atoms with Crippen LogP contribution in [0.1, 0.15) is 46.8 Å². The zero-order valence-electron chi connectivity index (χ0n) is 11.9. The highest BCUT2D eigenvalue weighted by molar-refractivity contribution is 5.96. The molecule has 0 aliphatic carbocycles. The number of nitrogens with zero attached hydrogens (tertiary/aromatic N) is 1. The van der Waals surface area contributed by atoms with Gasteiger partial charge in [-0.05, 0) is 62.3 Å². The van der Waals surface area contributed by atoms with Crippen LogP contribution in [-0.2, 0) is 0 Å². The standard InChI is InChI=1S/C16H23NO/c1-11-6-5-7-17(10-11)16(18)15-9-13(3)12(2)8-14(15)4/h8-9,11H,5-7,10H2,1-4H3. The first-order chi connectivity index (χ1) is 8.49. The summed E-state index contributed by atoms with van der Waals surface area (Å²) in [4.78, 5) is 14.6. The predicted molar refractivity (Wildman–Crippen MR) is 75.0 cm³/mol. The van der Waals surface area contributed by atoms with E-state index in [1.54, 1.807) is 0 Å². The third-order valence-corrected chi connectivity index (χ3v) is 4.02. The van der Waals surface area contributed by atoms with Crippen LogP contribution >= 0.6 is 0 Å². The van der Waals surface area contributed by atoms with Crippen molar-refractivity contribution < 1.29 is 4.79 Å². The van der Waals surface area contributed by atoms with Crippen LogP contribution < -0.4 is 0 Å². The maximum Gasteiger partial charge on any atom is 0.254 e. The molecule has 1 fully saturated rings. The summed E-state index contributed by atoms with van der Waals surface area (Å²) in [5.41, 5.74) is 4.44. The van der Waals surface area contributed by atoms with E-state index in [9.17, 15) is 4.79 Å². The Hall–Kier alpha value is -1.31. The van der Waals surface area contributed by atoms with E-state index in [-0.39, 0.29) is 5.91 Å². The minimum Gasteiger partial charge on any atom is -0.338 e. The number of rotatable bonds is 1. The number of piperidine rings is 1. The summed E-state index contributed by atoms with van der Waals surface area (Å²) in [5.74, 6) is 0.844.